The van der Waals surface area contributed by atoms with Crippen molar-refractivity contribution >= 4 is 33.9 Å². The van der Waals surface area contributed by atoms with Gasteiger partial charge >= 0.3 is 6.09 Å². The molecule has 0 saturated heterocycles. The Hall–Kier alpha value is -2.33. The van der Waals surface area contributed by atoms with Crippen LogP contribution in [0.25, 0.3) is 10.8 Å². The number of carbonyl (C=O) groups is 1. The lowest BCUT2D eigenvalue weighted by Crippen LogP contribution is -2.13. The first-order chi connectivity index (χ1) is 9.83. The molecule has 0 fully saturated rings. The molecule has 0 aliphatic heterocycles. The highest BCUT2D eigenvalue weighted by Gasteiger charge is 2.06. The molecule has 0 saturated carbocycles. The van der Waals surface area contributed by atoms with Crippen LogP contribution in [-0.2, 0) is 11.3 Å². The normalized spacial score (nSPS) is 10.4. The molecule has 1 amide bonds. The van der Waals surface area contributed by atoms with E-state index in [1.807, 2.05) is 60.0 Å². The van der Waals surface area contributed by atoms with E-state index in [0.29, 0.717) is 6.61 Å². The Kier molecular flexibility index (Phi) is 3.65. The van der Waals surface area contributed by atoms with E-state index in [-0.39, 0.29) is 0 Å². The number of fused-ring (bicyclic) bond motifs is 1. The van der Waals surface area contributed by atoms with Crippen LogP contribution in [-0.4, -0.2) is 6.09 Å². The van der Waals surface area contributed by atoms with Gasteiger partial charge in [0.1, 0.15) is 6.61 Å². The molecule has 0 atom stereocenters. The van der Waals surface area contributed by atoms with Gasteiger partial charge in [0.15, 0.2) is 0 Å². The van der Waals surface area contributed by atoms with E-state index in [1.165, 1.54) is 0 Å². The molecule has 20 heavy (non-hydrogen) atoms. The summed E-state index contributed by atoms with van der Waals surface area (Å²) in [4.78, 5) is 12.8. The second kappa shape index (κ2) is 5.75. The molecule has 100 valence electrons. The van der Waals surface area contributed by atoms with Crippen molar-refractivity contribution in [1.29, 1.82) is 0 Å². The van der Waals surface area contributed by atoms with Crippen molar-refractivity contribution in [3.63, 3.8) is 0 Å². The van der Waals surface area contributed by atoms with Gasteiger partial charge in [-0.3, -0.25) is 5.32 Å². The number of rotatable bonds is 3. The molecule has 4 heteroatoms. The number of hydrogen-bond donors (Lipinski definition) is 1. The van der Waals surface area contributed by atoms with Crippen LogP contribution in [0.15, 0.2) is 60.0 Å². The van der Waals surface area contributed by atoms with Crippen LogP contribution >= 0.6 is 11.3 Å². The Bertz CT molecular complexity index is 717. The predicted molar refractivity (Wildman–Crippen MR) is 82.1 cm³/mol. The molecule has 0 bridgehead atoms. The van der Waals surface area contributed by atoms with E-state index < -0.39 is 6.09 Å². The third kappa shape index (κ3) is 2.81. The van der Waals surface area contributed by atoms with Crippen LogP contribution in [0.1, 0.15) is 4.88 Å². The zero-order chi connectivity index (χ0) is 13.8. The fourth-order valence-corrected chi connectivity index (χ4v) is 2.63. The van der Waals surface area contributed by atoms with Gasteiger partial charge in [-0.25, -0.2) is 4.79 Å². The largest absolute Gasteiger partial charge is 0.444 e. The van der Waals surface area contributed by atoms with Gasteiger partial charge in [-0.15, -0.1) is 11.3 Å². The molecule has 3 aromatic rings. The van der Waals surface area contributed by atoms with E-state index in [1.54, 1.807) is 11.3 Å². The van der Waals surface area contributed by atoms with E-state index in [9.17, 15) is 4.79 Å². The van der Waals surface area contributed by atoms with Crippen LogP contribution in [0, 0.1) is 0 Å². The average molecular weight is 283 g/mol. The highest BCUT2D eigenvalue weighted by Crippen LogP contribution is 2.23. The third-order valence-corrected chi connectivity index (χ3v) is 3.80. The molecule has 1 heterocycles. The molecule has 3 nitrogen and oxygen atoms in total. The number of benzene rings is 2. The SMILES string of the molecule is O=C(Nc1cccc2ccccc12)OCc1cccs1. The highest BCUT2D eigenvalue weighted by molar-refractivity contribution is 7.09. The van der Waals surface area contributed by atoms with Gasteiger partial charge in [-0.1, -0.05) is 42.5 Å². The monoisotopic (exact) mass is 283 g/mol. The maximum absolute atomic E-state index is 11.8. The Morgan fingerprint density at radius 2 is 1.90 bits per heavy atom. The van der Waals surface area contributed by atoms with E-state index in [4.69, 9.17) is 4.74 Å². The fraction of sp³-hybridized carbons (Fsp3) is 0.0625. The van der Waals surface area contributed by atoms with Crippen LogP contribution in [0.5, 0.6) is 0 Å². The van der Waals surface area contributed by atoms with Crippen molar-refractivity contribution in [2.75, 3.05) is 5.32 Å². The zero-order valence-corrected chi connectivity index (χ0v) is 11.5. The summed E-state index contributed by atoms with van der Waals surface area (Å²) >= 11 is 1.57. The van der Waals surface area contributed by atoms with E-state index in [0.717, 1.165) is 21.3 Å². The summed E-state index contributed by atoms with van der Waals surface area (Å²) in [5.41, 5.74) is 0.763. The number of amides is 1. The minimum Gasteiger partial charge on any atom is -0.444 e. The topological polar surface area (TPSA) is 38.3 Å². The molecule has 0 aliphatic rings. The molecule has 3 rings (SSSR count). The van der Waals surface area contributed by atoms with Gasteiger partial charge in [-0.05, 0) is 22.9 Å². The highest BCUT2D eigenvalue weighted by atomic mass is 32.1. The number of carbonyl (C=O) groups excluding carboxylic acids is 1. The van der Waals surface area contributed by atoms with Crippen molar-refractivity contribution in [1.82, 2.24) is 0 Å². The van der Waals surface area contributed by atoms with Crippen molar-refractivity contribution in [3.05, 3.63) is 64.9 Å². The van der Waals surface area contributed by atoms with Crippen LogP contribution in [0.3, 0.4) is 0 Å². The number of ether oxygens (including phenoxy) is 1. The minimum atomic E-state index is -0.435. The van der Waals surface area contributed by atoms with Crippen molar-refractivity contribution in [2.24, 2.45) is 0 Å². The maximum atomic E-state index is 11.8. The van der Waals surface area contributed by atoms with Crippen molar-refractivity contribution in [3.8, 4) is 0 Å². The molecular weight excluding hydrogens is 270 g/mol. The van der Waals surface area contributed by atoms with E-state index >= 15 is 0 Å². The predicted octanol–water partition coefficient (Wildman–Crippen LogP) is 4.65. The maximum Gasteiger partial charge on any atom is 0.412 e. The van der Waals surface area contributed by atoms with Gasteiger partial charge in [0.25, 0.3) is 0 Å². The lowest BCUT2D eigenvalue weighted by Gasteiger charge is -2.09. The molecule has 2 aromatic carbocycles. The summed E-state index contributed by atoms with van der Waals surface area (Å²) in [6.45, 7) is 0.300. The van der Waals surface area contributed by atoms with Crippen molar-refractivity contribution < 1.29 is 9.53 Å². The Morgan fingerprint density at radius 1 is 1.05 bits per heavy atom. The number of hydrogen-bond acceptors (Lipinski definition) is 3. The van der Waals surface area contributed by atoms with Crippen molar-refractivity contribution in [2.45, 2.75) is 6.61 Å². The minimum absolute atomic E-state index is 0.300. The average Bonchev–Trinajstić information content (AvgIpc) is 2.99. The molecular formula is C16H13NO2S. The summed E-state index contributed by atoms with van der Waals surface area (Å²) in [6.07, 6.45) is -0.435. The quantitative estimate of drug-likeness (QED) is 0.759. The fourth-order valence-electron chi connectivity index (χ4n) is 2.01. The van der Waals surface area contributed by atoms with Crippen LogP contribution in [0.4, 0.5) is 10.5 Å². The standard InChI is InChI=1S/C16H13NO2S/c18-16(19-11-13-7-4-10-20-13)17-15-9-3-6-12-5-1-2-8-14(12)15/h1-10H,11H2,(H,17,18). The van der Waals surface area contributed by atoms with Crippen LogP contribution in [0.2, 0.25) is 0 Å². The molecule has 0 aliphatic carbocycles. The lowest BCUT2D eigenvalue weighted by atomic mass is 10.1. The zero-order valence-electron chi connectivity index (χ0n) is 10.7. The Labute approximate surface area is 120 Å². The van der Waals surface area contributed by atoms with E-state index in [2.05, 4.69) is 5.32 Å². The summed E-state index contributed by atoms with van der Waals surface area (Å²) in [5.74, 6) is 0. The van der Waals surface area contributed by atoms with Gasteiger partial charge in [0, 0.05) is 10.3 Å². The smallest absolute Gasteiger partial charge is 0.412 e. The third-order valence-electron chi connectivity index (χ3n) is 2.95. The first-order valence-electron chi connectivity index (χ1n) is 6.27. The first-order valence-corrected chi connectivity index (χ1v) is 7.15. The number of anilines is 1. The Balaban J connectivity index is 1.71. The number of thiophene rings is 1. The van der Waals surface area contributed by atoms with Gasteiger partial charge in [0.05, 0.1) is 5.69 Å². The number of nitrogens with one attached hydrogen (secondary N) is 1. The molecule has 1 N–H and O–H groups in total. The van der Waals surface area contributed by atoms with Gasteiger partial charge in [-0.2, -0.15) is 0 Å². The summed E-state index contributed by atoms with van der Waals surface area (Å²) in [7, 11) is 0. The summed E-state index contributed by atoms with van der Waals surface area (Å²) < 4.78 is 5.20. The van der Waals surface area contributed by atoms with Crippen LogP contribution < -0.4 is 5.32 Å². The second-order valence-corrected chi connectivity index (χ2v) is 5.34. The second-order valence-electron chi connectivity index (χ2n) is 4.31. The molecule has 0 unspecified atom stereocenters. The first kappa shape index (κ1) is 12.7. The van der Waals surface area contributed by atoms with Gasteiger partial charge in [0.2, 0.25) is 0 Å². The molecule has 1 aromatic heterocycles. The Morgan fingerprint density at radius 3 is 2.75 bits per heavy atom. The molecule has 0 spiro atoms. The van der Waals surface area contributed by atoms with Gasteiger partial charge < -0.3 is 4.74 Å². The lowest BCUT2D eigenvalue weighted by molar-refractivity contribution is 0.156. The molecule has 0 radical (unpaired) electrons. The summed E-state index contributed by atoms with van der Waals surface area (Å²) in [6, 6.07) is 17.6. The summed E-state index contributed by atoms with van der Waals surface area (Å²) in [5, 5.41) is 6.84.